The number of aromatic amines is 1. The Balaban J connectivity index is 1.53. The number of fused-ring (bicyclic) bond motifs is 1. The SMILES string of the molecule is COc1ccc(-c2cncc(-c3c(CCN4CCOCC4)[nH]c4cc(Cl)ccc34)c2)cc1. The van der Waals surface area contributed by atoms with E-state index in [2.05, 4.69) is 39.1 Å². The Kier molecular flexibility index (Phi) is 6.12. The third-order valence-corrected chi connectivity index (χ3v) is 6.31. The van der Waals surface area contributed by atoms with Gasteiger partial charge in [0, 0.05) is 76.8 Å². The van der Waals surface area contributed by atoms with E-state index in [0.29, 0.717) is 0 Å². The Hall–Kier alpha value is -2.86. The summed E-state index contributed by atoms with van der Waals surface area (Å²) >= 11 is 6.29. The van der Waals surface area contributed by atoms with E-state index in [-0.39, 0.29) is 0 Å². The normalized spacial score (nSPS) is 14.7. The van der Waals surface area contributed by atoms with E-state index in [1.54, 1.807) is 7.11 Å². The van der Waals surface area contributed by atoms with E-state index in [4.69, 9.17) is 21.1 Å². The molecule has 4 aromatic rings. The number of pyridine rings is 1. The Morgan fingerprint density at radius 3 is 2.56 bits per heavy atom. The number of nitrogens with zero attached hydrogens (tertiary/aromatic N) is 2. The highest BCUT2D eigenvalue weighted by molar-refractivity contribution is 6.31. The molecule has 6 heteroatoms. The summed E-state index contributed by atoms with van der Waals surface area (Å²) in [5.74, 6) is 0.844. The van der Waals surface area contributed by atoms with Crippen molar-refractivity contribution in [2.24, 2.45) is 0 Å². The minimum absolute atomic E-state index is 0.732. The molecule has 5 rings (SSSR count). The number of ether oxygens (including phenoxy) is 2. The van der Waals surface area contributed by atoms with E-state index in [1.165, 1.54) is 16.6 Å². The minimum Gasteiger partial charge on any atom is -0.497 e. The fraction of sp³-hybridized carbons (Fsp3) is 0.269. The van der Waals surface area contributed by atoms with Crippen LogP contribution in [0.4, 0.5) is 0 Å². The maximum Gasteiger partial charge on any atom is 0.118 e. The third kappa shape index (κ3) is 4.37. The molecule has 0 bridgehead atoms. The van der Waals surface area contributed by atoms with Crippen LogP contribution in [-0.4, -0.2) is 54.8 Å². The van der Waals surface area contributed by atoms with Crippen molar-refractivity contribution in [3.05, 3.63) is 71.6 Å². The number of H-pyrrole nitrogens is 1. The third-order valence-electron chi connectivity index (χ3n) is 6.07. The van der Waals surface area contributed by atoms with Gasteiger partial charge in [0.25, 0.3) is 0 Å². The lowest BCUT2D eigenvalue weighted by Crippen LogP contribution is -2.37. The molecule has 32 heavy (non-hydrogen) atoms. The van der Waals surface area contributed by atoms with Gasteiger partial charge in [-0.25, -0.2) is 0 Å². The van der Waals surface area contributed by atoms with Crippen molar-refractivity contribution in [2.45, 2.75) is 6.42 Å². The first-order valence-corrected chi connectivity index (χ1v) is 11.3. The number of morpholine rings is 1. The summed E-state index contributed by atoms with van der Waals surface area (Å²) in [5, 5.41) is 1.90. The molecule has 0 saturated carbocycles. The van der Waals surface area contributed by atoms with Crippen LogP contribution in [0.3, 0.4) is 0 Å². The molecule has 3 heterocycles. The standard InChI is InChI=1S/C26H26ClN3O2/c1-31-22-5-2-18(3-6-22)19-14-20(17-28-16-19)26-23-7-4-21(27)15-25(23)29-24(26)8-9-30-10-12-32-13-11-30/h2-7,14-17,29H,8-13H2,1H3. The predicted octanol–water partition coefficient (Wildman–Crippen LogP) is 5.43. The van der Waals surface area contributed by atoms with Crippen LogP contribution in [0, 0.1) is 0 Å². The largest absolute Gasteiger partial charge is 0.497 e. The van der Waals surface area contributed by atoms with Crippen LogP contribution < -0.4 is 4.74 Å². The van der Waals surface area contributed by atoms with Gasteiger partial charge in [-0.2, -0.15) is 0 Å². The van der Waals surface area contributed by atoms with Gasteiger partial charge in [-0.1, -0.05) is 29.8 Å². The number of hydrogen-bond acceptors (Lipinski definition) is 4. The van der Waals surface area contributed by atoms with Gasteiger partial charge in [0.2, 0.25) is 0 Å². The molecule has 0 atom stereocenters. The van der Waals surface area contributed by atoms with Gasteiger partial charge in [-0.15, -0.1) is 0 Å². The number of nitrogens with one attached hydrogen (secondary N) is 1. The van der Waals surface area contributed by atoms with E-state index in [1.807, 2.05) is 36.7 Å². The molecule has 0 unspecified atom stereocenters. The van der Waals surface area contributed by atoms with E-state index in [0.717, 1.165) is 72.2 Å². The zero-order valence-corrected chi connectivity index (χ0v) is 18.9. The van der Waals surface area contributed by atoms with Gasteiger partial charge in [0.15, 0.2) is 0 Å². The summed E-state index contributed by atoms with van der Waals surface area (Å²) in [6.45, 7) is 4.57. The van der Waals surface area contributed by atoms with E-state index in [9.17, 15) is 0 Å². The highest BCUT2D eigenvalue weighted by Crippen LogP contribution is 2.35. The molecule has 1 aliphatic rings. The fourth-order valence-electron chi connectivity index (χ4n) is 4.36. The summed E-state index contributed by atoms with van der Waals surface area (Å²) in [6, 6.07) is 16.3. The van der Waals surface area contributed by atoms with E-state index >= 15 is 0 Å². The minimum atomic E-state index is 0.732. The van der Waals surface area contributed by atoms with Crippen LogP contribution in [0.25, 0.3) is 33.2 Å². The zero-order chi connectivity index (χ0) is 21.9. The summed E-state index contributed by atoms with van der Waals surface area (Å²) in [7, 11) is 1.68. The lowest BCUT2D eigenvalue weighted by molar-refractivity contribution is 0.0384. The molecule has 1 N–H and O–H groups in total. The molecule has 1 saturated heterocycles. The Bertz CT molecular complexity index is 1210. The fourth-order valence-corrected chi connectivity index (χ4v) is 4.53. The molecule has 1 fully saturated rings. The van der Waals surface area contributed by atoms with Crippen LogP contribution in [0.2, 0.25) is 5.02 Å². The second-order valence-electron chi connectivity index (χ2n) is 8.06. The van der Waals surface area contributed by atoms with Crippen molar-refractivity contribution in [3.63, 3.8) is 0 Å². The highest BCUT2D eigenvalue weighted by Gasteiger charge is 2.17. The van der Waals surface area contributed by atoms with Crippen LogP contribution in [0.1, 0.15) is 5.69 Å². The second kappa shape index (κ2) is 9.33. The summed E-state index contributed by atoms with van der Waals surface area (Å²) < 4.78 is 10.8. The highest BCUT2D eigenvalue weighted by atomic mass is 35.5. The topological polar surface area (TPSA) is 50.4 Å². The molecule has 2 aromatic carbocycles. The average molecular weight is 448 g/mol. The molecule has 1 aliphatic heterocycles. The molecule has 0 amide bonds. The molecule has 0 aliphatic carbocycles. The molecule has 0 radical (unpaired) electrons. The van der Waals surface area contributed by atoms with Crippen molar-refractivity contribution in [2.75, 3.05) is 40.0 Å². The molecular formula is C26H26ClN3O2. The second-order valence-corrected chi connectivity index (χ2v) is 8.50. The number of halogens is 1. The Morgan fingerprint density at radius 1 is 1.00 bits per heavy atom. The maximum atomic E-state index is 6.29. The first-order valence-electron chi connectivity index (χ1n) is 10.9. The van der Waals surface area contributed by atoms with Crippen molar-refractivity contribution in [3.8, 4) is 28.0 Å². The van der Waals surface area contributed by atoms with Crippen LogP contribution in [-0.2, 0) is 11.2 Å². The van der Waals surface area contributed by atoms with Crippen molar-refractivity contribution < 1.29 is 9.47 Å². The van der Waals surface area contributed by atoms with Gasteiger partial charge in [-0.3, -0.25) is 9.88 Å². The van der Waals surface area contributed by atoms with Gasteiger partial charge < -0.3 is 14.5 Å². The quantitative estimate of drug-likeness (QED) is 0.428. The first-order chi connectivity index (χ1) is 15.7. The van der Waals surface area contributed by atoms with Crippen LogP contribution >= 0.6 is 11.6 Å². The molecule has 0 spiro atoms. The summed E-state index contributed by atoms with van der Waals surface area (Å²) in [6.07, 6.45) is 4.78. The zero-order valence-electron chi connectivity index (χ0n) is 18.1. The van der Waals surface area contributed by atoms with Gasteiger partial charge in [-0.05, 0) is 35.9 Å². The summed E-state index contributed by atoms with van der Waals surface area (Å²) in [5.41, 5.74) is 6.75. The lowest BCUT2D eigenvalue weighted by atomic mass is 9.98. The number of methoxy groups -OCH3 is 1. The van der Waals surface area contributed by atoms with Gasteiger partial charge >= 0.3 is 0 Å². The summed E-state index contributed by atoms with van der Waals surface area (Å²) in [4.78, 5) is 10.7. The number of hydrogen-bond donors (Lipinski definition) is 1. The van der Waals surface area contributed by atoms with Crippen molar-refractivity contribution >= 4 is 22.5 Å². The molecular weight excluding hydrogens is 422 g/mol. The lowest BCUT2D eigenvalue weighted by Gasteiger charge is -2.26. The van der Waals surface area contributed by atoms with Crippen molar-refractivity contribution in [1.82, 2.24) is 14.9 Å². The molecule has 2 aromatic heterocycles. The number of rotatable bonds is 6. The Morgan fingerprint density at radius 2 is 1.78 bits per heavy atom. The molecule has 5 nitrogen and oxygen atoms in total. The van der Waals surface area contributed by atoms with Gasteiger partial charge in [0.05, 0.1) is 20.3 Å². The Labute approximate surface area is 192 Å². The maximum absolute atomic E-state index is 6.29. The smallest absolute Gasteiger partial charge is 0.118 e. The van der Waals surface area contributed by atoms with Crippen LogP contribution in [0.5, 0.6) is 5.75 Å². The average Bonchev–Trinajstić information content (AvgIpc) is 3.21. The first kappa shape index (κ1) is 21.0. The predicted molar refractivity (Wildman–Crippen MR) is 129 cm³/mol. The van der Waals surface area contributed by atoms with E-state index < -0.39 is 0 Å². The van der Waals surface area contributed by atoms with Gasteiger partial charge in [0.1, 0.15) is 5.75 Å². The van der Waals surface area contributed by atoms with Crippen LogP contribution in [0.15, 0.2) is 60.9 Å². The number of aromatic nitrogens is 2. The van der Waals surface area contributed by atoms with Crippen molar-refractivity contribution in [1.29, 1.82) is 0 Å². The molecule has 164 valence electrons. The monoisotopic (exact) mass is 447 g/mol. The number of benzene rings is 2.